The van der Waals surface area contributed by atoms with Gasteiger partial charge in [-0.3, -0.25) is 9.48 Å². The molecule has 3 N–H and O–H groups in total. The molecule has 17 heavy (non-hydrogen) atoms. The van der Waals surface area contributed by atoms with Crippen molar-refractivity contribution in [1.29, 1.82) is 0 Å². The first-order valence-corrected chi connectivity index (χ1v) is 5.88. The van der Waals surface area contributed by atoms with Crippen LogP contribution >= 0.6 is 12.2 Å². The molecule has 0 aliphatic heterocycles. The summed E-state index contributed by atoms with van der Waals surface area (Å²) in [6.45, 7) is 4.28. The highest BCUT2D eigenvalue weighted by molar-refractivity contribution is 7.80. The summed E-state index contributed by atoms with van der Waals surface area (Å²) in [5.74, 6) is -0.453. The first-order valence-electron chi connectivity index (χ1n) is 5.47. The molecule has 0 radical (unpaired) electrons. The van der Waals surface area contributed by atoms with Gasteiger partial charge in [0.1, 0.15) is 0 Å². The van der Waals surface area contributed by atoms with Crippen molar-refractivity contribution in [2.45, 2.75) is 20.4 Å². The predicted octanol–water partition coefficient (Wildman–Crippen LogP) is 0.595. The zero-order valence-corrected chi connectivity index (χ0v) is 11.1. The maximum atomic E-state index is 11.9. The van der Waals surface area contributed by atoms with Gasteiger partial charge in [0.2, 0.25) is 5.91 Å². The van der Waals surface area contributed by atoms with Crippen LogP contribution in [0.1, 0.15) is 19.5 Å². The first kappa shape index (κ1) is 13.6. The largest absolute Gasteiger partial charge is 0.393 e. The lowest BCUT2D eigenvalue weighted by Gasteiger charge is -2.18. The fourth-order valence-corrected chi connectivity index (χ4v) is 2.00. The molecule has 1 heterocycles. The Morgan fingerprint density at radius 1 is 1.65 bits per heavy atom. The lowest BCUT2D eigenvalue weighted by atomic mass is 9.95. The monoisotopic (exact) mass is 254 g/mol. The minimum atomic E-state index is -0.418. The number of aromatic nitrogens is 2. The maximum absolute atomic E-state index is 11.9. The number of carbonyl (C=O) groups is 1. The molecule has 1 unspecified atom stereocenters. The van der Waals surface area contributed by atoms with Crippen LogP contribution in [-0.2, 0) is 18.4 Å². The van der Waals surface area contributed by atoms with E-state index in [0.717, 1.165) is 5.69 Å². The van der Waals surface area contributed by atoms with Crippen LogP contribution in [0.15, 0.2) is 12.3 Å². The summed E-state index contributed by atoms with van der Waals surface area (Å²) in [7, 11) is 1.83. The molecule has 94 valence electrons. The number of nitrogens with zero attached hydrogens (tertiary/aromatic N) is 2. The Balaban J connectivity index is 2.60. The zero-order valence-electron chi connectivity index (χ0n) is 10.3. The second kappa shape index (κ2) is 5.77. The summed E-state index contributed by atoms with van der Waals surface area (Å²) in [5.41, 5.74) is 6.50. The van der Waals surface area contributed by atoms with Gasteiger partial charge in [-0.15, -0.1) is 0 Å². The summed E-state index contributed by atoms with van der Waals surface area (Å²) in [6.07, 6.45) is 1.69. The third-order valence-corrected chi connectivity index (χ3v) is 2.88. The number of carbonyl (C=O) groups excluding carboxylic acids is 1. The van der Waals surface area contributed by atoms with E-state index >= 15 is 0 Å². The maximum Gasteiger partial charge on any atom is 0.230 e. The second-order valence-electron chi connectivity index (χ2n) is 4.29. The number of amides is 1. The van der Waals surface area contributed by atoms with Gasteiger partial charge in [0.25, 0.3) is 0 Å². The van der Waals surface area contributed by atoms with E-state index in [2.05, 4.69) is 10.4 Å². The van der Waals surface area contributed by atoms with Gasteiger partial charge < -0.3 is 11.1 Å². The third kappa shape index (κ3) is 3.52. The van der Waals surface area contributed by atoms with Crippen LogP contribution in [0.3, 0.4) is 0 Å². The van der Waals surface area contributed by atoms with Crippen molar-refractivity contribution >= 4 is 23.1 Å². The second-order valence-corrected chi connectivity index (χ2v) is 4.76. The van der Waals surface area contributed by atoms with Crippen LogP contribution in [0.5, 0.6) is 0 Å². The van der Waals surface area contributed by atoms with Crippen molar-refractivity contribution in [3.05, 3.63) is 18.0 Å². The molecule has 1 aromatic heterocycles. The van der Waals surface area contributed by atoms with Crippen LogP contribution in [0.4, 0.5) is 0 Å². The van der Waals surface area contributed by atoms with Gasteiger partial charge in [0, 0.05) is 13.2 Å². The van der Waals surface area contributed by atoms with Gasteiger partial charge in [-0.2, -0.15) is 5.10 Å². The Morgan fingerprint density at radius 3 is 2.71 bits per heavy atom. The third-order valence-electron chi connectivity index (χ3n) is 2.62. The quantitative estimate of drug-likeness (QED) is 0.755. The summed E-state index contributed by atoms with van der Waals surface area (Å²) < 4.78 is 1.71. The molecule has 0 saturated carbocycles. The molecule has 0 aliphatic carbocycles. The normalized spacial score (nSPS) is 12.5. The molecule has 1 rings (SSSR count). The number of nitrogens with two attached hydrogens (primary N) is 1. The van der Waals surface area contributed by atoms with E-state index in [1.54, 1.807) is 10.9 Å². The molecule has 5 nitrogen and oxygen atoms in total. The number of hydrogen-bond donors (Lipinski definition) is 2. The van der Waals surface area contributed by atoms with Crippen LogP contribution in [0, 0.1) is 11.8 Å². The Morgan fingerprint density at radius 2 is 2.29 bits per heavy atom. The van der Waals surface area contributed by atoms with Crippen molar-refractivity contribution in [1.82, 2.24) is 15.1 Å². The number of aryl methyl sites for hydroxylation is 1. The minimum absolute atomic E-state index is 0.0963. The fourth-order valence-electron chi connectivity index (χ4n) is 1.62. The molecular formula is C11H18N4OS. The molecule has 1 amide bonds. The Labute approximate surface area is 106 Å². The molecule has 0 aliphatic rings. The van der Waals surface area contributed by atoms with Crippen molar-refractivity contribution < 1.29 is 4.79 Å². The average molecular weight is 254 g/mol. The van der Waals surface area contributed by atoms with Gasteiger partial charge in [0.05, 0.1) is 23.1 Å². The van der Waals surface area contributed by atoms with Crippen molar-refractivity contribution in [3.63, 3.8) is 0 Å². The van der Waals surface area contributed by atoms with E-state index in [1.165, 1.54) is 0 Å². The van der Waals surface area contributed by atoms with E-state index in [1.807, 2.05) is 27.0 Å². The van der Waals surface area contributed by atoms with Crippen LogP contribution in [0.2, 0.25) is 0 Å². The van der Waals surface area contributed by atoms with Gasteiger partial charge in [-0.25, -0.2) is 0 Å². The van der Waals surface area contributed by atoms with Gasteiger partial charge in [-0.05, 0) is 12.0 Å². The molecule has 0 bridgehead atoms. The number of rotatable bonds is 5. The van der Waals surface area contributed by atoms with Crippen molar-refractivity contribution in [2.24, 2.45) is 24.6 Å². The van der Waals surface area contributed by atoms with E-state index in [4.69, 9.17) is 18.0 Å². The van der Waals surface area contributed by atoms with E-state index in [0.29, 0.717) is 6.54 Å². The highest BCUT2D eigenvalue weighted by Crippen LogP contribution is 2.11. The first-order chi connectivity index (χ1) is 7.93. The molecular weight excluding hydrogens is 236 g/mol. The zero-order chi connectivity index (χ0) is 13.0. The molecule has 1 atom stereocenters. The molecule has 1 aromatic rings. The summed E-state index contributed by atoms with van der Waals surface area (Å²) in [4.78, 5) is 12.2. The van der Waals surface area contributed by atoms with Crippen LogP contribution < -0.4 is 11.1 Å². The lowest BCUT2D eigenvalue weighted by molar-refractivity contribution is -0.124. The number of thiocarbonyl (C=S) groups is 1. The van der Waals surface area contributed by atoms with Gasteiger partial charge in [0.15, 0.2) is 0 Å². The molecule has 6 heteroatoms. The standard InChI is InChI=1S/C11H18N4OS/c1-7(2)9(10(12)17)11(16)13-6-8-4-5-14-15(8)3/h4-5,7,9H,6H2,1-3H3,(H2,12,17)(H,13,16). The molecule has 0 spiro atoms. The van der Waals surface area contributed by atoms with Crippen molar-refractivity contribution in [2.75, 3.05) is 0 Å². The summed E-state index contributed by atoms with van der Waals surface area (Å²) in [6, 6.07) is 1.85. The SMILES string of the molecule is CC(C)C(C(=O)NCc1ccnn1C)C(N)=S. The van der Waals surface area contributed by atoms with E-state index in [-0.39, 0.29) is 16.8 Å². The average Bonchev–Trinajstić information content (AvgIpc) is 2.59. The van der Waals surface area contributed by atoms with Crippen LogP contribution in [0.25, 0.3) is 0 Å². The minimum Gasteiger partial charge on any atom is -0.393 e. The van der Waals surface area contributed by atoms with Gasteiger partial charge in [-0.1, -0.05) is 26.1 Å². The van der Waals surface area contributed by atoms with E-state index in [9.17, 15) is 4.79 Å². The fraction of sp³-hybridized carbons (Fsp3) is 0.545. The highest BCUT2D eigenvalue weighted by Gasteiger charge is 2.24. The number of nitrogens with one attached hydrogen (secondary N) is 1. The van der Waals surface area contributed by atoms with E-state index < -0.39 is 5.92 Å². The molecule has 0 fully saturated rings. The Bertz CT molecular complexity index is 413. The summed E-state index contributed by atoms with van der Waals surface area (Å²) in [5, 5.41) is 6.85. The predicted molar refractivity (Wildman–Crippen MR) is 70.2 cm³/mol. The Hall–Kier alpha value is -1.43. The smallest absolute Gasteiger partial charge is 0.230 e. The molecule has 0 aromatic carbocycles. The number of hydrogen-bond acceptors (Lipinski definition) is 3. The lowest BCUT2D eigenvalue weighted by Crippen LogP contribution is -2.40. The summed E-state index contributed by atoms with van der Waals surface area (Å²) >= 11 is 4.91. The van der Waals surface area contributed by atoms with Crippen molar-refractivity contribution in [3.8, 4) is 0 Å². The topological polar surface area (TPSA) is 72.9 Å². The highest BCUT2D eigenvalue weighted by atomic mass is 32.1. The van der Waals surface area contributed by atoms with Gasteiger partial charge >= 0.3 is 0 Å². The molecule has 0 saturated heterocycles. The Kier molecular flexibility index (Phi) is 4.62. The van der Waals surface area contributed by atoms with Crippen LogP contribution in [-0.4, -0.2) is 20.7 Å².